The second-order valence-electron chi connectivity index (χ2n) is 10.6. The van der Waals surface area contributed by atoms with Crippen LogP contribution in [0.5, 0.6) is 0 Å². The Morgan fingerprint density at radius 3 is 2.48 bits per heavy atom. The van der Waals surface area contributed by atoms with Gasteiger partial charge in [0.25, 0.3) is 0 Å². The Labute approximate surface area is 143 Å². The minimum atomic E-state index is 0.502. The van der Waals surface area contributed by atoms with Crippen LogP contribution in [-0.4, -0.2) is 0 Å². The second-order valence-corrected chi connectivity index (χ2v) is 10.6. The van der Waals surface area contributed by atoms with Crippen molar-refractivity contribution in [2.75, 3.05) is 0 Å². The largest absolute Gasteiger partial charge is 0.0990 e. The van der Waals surface area contributed by atoms with Crippen LogP contribution in [-0.2, 0) is 0 Å². The van der Waals surface area contributed by atoms with Crippen molar-refractivity contribution in [1.82, 2.24) is 0 Å². The van der Waals surface area contributed by atoms with Crippen LogP contribution in [0.15, 0.2) is 12.2 Å². The van der Waals surface area contributed by atoms with Crippen molar-refractivity contribution in [3.05, 3.63) is 12.2 Å². The van der Waals surface area contributed by atoms with E-state index in [2.05, 4.69) is 27.4 Å². The SMILES string of the molecule is C=C1C2C(C)C2CC2C3CCC4CC(C)CCC4C3CCC12C. The molecular weight excluding hydrogens is 276 g/mol. The molecule has 0 nitrogen and oxygen atoms in total. The first-order chi connectivity index (χ1) is 11.0. The van der Waals surface area contributed by atoms with E-state index >= 15 is 0 Å². The molecular formula is C23H36. The molecule has 5 rings (SSSR count). The molecule has 5 aliphatic carbocycles. The van der Waals surface area contributed by atoms with E-state index in [4.69, 9.17) is 0 Å². The molecule has 0 bridgehead atoms. The molecule has 10 atom stereocenters. The first kappa shape index (κ1) is 15.0. The van der Waals surface area contributed by atoms with Crippen molar-refractivity contribution in [2.24, 2.45) is 58.7 Å². The van der Waals surface area contributed by atoms with Crippen LogP contribution in [0.4, 0.5) is 0 Å². The van der Waals surface area contributed by atoms with Crippen LogP contribution >= 0.6 is 0 Å². The third-order valence-corrected chi connectivity index (χ3v) is 9.83. The molecule has 0 heteroatoms. The van der Waals surface area contributed by atoms with Gasteiger partial charge in [0.05, 0.1) is 0 Å². The van der Waals surface area contributed by atoms with Crippen LogP contribution in [0.25, 0.3) is 0 Å². The lowest BCUT2D eigenvalue weighted by Crippen LogP contribution is -2.50. The molecule has 5 aliphatic rings. The molecule has 0 aromatic carbocycles. The quantitative estimate of drug-likeness (QED) is 0.459. The third kappa shape index (κ3) is 1.96. The zero-order valence-corrected chi connectivity index (χ0v) is 15.6. The topological polar surface area (TPSA) is 0 Å². The maximum absolute atomic E-state index is 4.67. The predicted molar refractivity (Wildman–Crippen MR) is 96.9 cm³/mol. The fourth-order valence-corrected chi connectivity index (χ4v) is 8.40. The molecule has 128 valence electrons. The van der Waals surface area contributed by atoms with Gasteiger partial charge in [-0.15, -0.1) is 0 Å². The highest BCUT2D eigenvalue weighted by Crippen LogP contribution is 2.71. The Hall–Kier alpha value is -0.260. The summed E-state index contributed by atoms with van der Waals surface area (Å²) in [6, 6.07) is 0. The molecule has 0 aliphatic heterocycles. The standard InChI is InChI=1S/C23H36/c1-13-5-7-17-16(11-13)6-8-19-18(17)9-10-23(4)15(3)22-14(2)20(22)12-21(19)23/h13-14,16-22H,3,5-12H2,1-2,4H3. The summed E-state index contributed by atoms with van der Waals surface area (Å²) < 4.78 is 0. The monoisotopic (exact) mass is 312 g/mol. The van der Waals surface area contributed by atoms with E-state index in [1.807, 2.05) is 0 Å². The minimum absolute atomic E-state index is 0.502. The van der Waals surface area contributed by atoms with Gasteiger partial charge in [-0.2, -0.15) is 0 Å². The van der Waals surface area contributed by atoms with Gasteiger partial charge in [-0.25, -0.2) is 0 Å². The average Bonchev–Trinajstić information content (AvgIpc) is 3.18. The summed E-state index contributed by atoms with van der Waals surface area (Å²) in [7, 11) is 0. The lowest BCUT2D eigenvalue weighted by Gasteiger charge is -2.59. The van der Waals surface area contributed by atoms with E-state index in [9.17, 15) is 0 Å². The molecule has 0 saturated heterocycles. The molecule has 5 saturated carbocycles. The zero-order valence-electron chi connectivity index (χ0n) is 15.6. The van der Waals surface area contributed by atoms with Crippen molar-refractivity contribution in [3.8, 4) is 0 Å². The molecule has 0 spiro atoms. The molecule has 23 heavy (non-hydrogen) atoms. The number of fused-ring (bicyclic) bond motifs is 6. The van der Waals surface area contributed by atoms with Crippen molar-refractivity contribution in [2.45, 2.75) is 72.1 Å². The van der Waals surface area contributed by atoms with Gasteiger partial charge in [0, 0.05) is 0 Å². The highest BCUT2D eigenvalue weighted by molar-refractivity contribution is 5.29. The van der Waals surface area contributed by atoms with Crippen LogP contribution < -0.4 is 0 Å². The van der Waals surface area contributed by atoms with Crippen LogP contribution in [0.1, 0.15) is 72.1 Å². The van der Waals surface area contributed by atoms with E-state index in [0.29, 0.717) is 5.41 Å². The summed E-state index contributed by atoms with van der Waals surface area (Å²) in [6.45, 7) is 12.3. The number of rotatable bonds is 0. The summed E-state index contributed by atoms with van der Waals surface area (Å²) >= 11 is 0. The van der Waals surface area contributed by atoms with Crippen LogP contribution in [0.2, 0.25) is 0 Å². The highest BCUT2D eigenvalue weighted by atomic mass is 14.7. The molecule has 0 aromatic heterocycles. The molecule has 10 unspecified atom stereocenters. The molecule has 0 heterocycles. The summed E-state index contributed by atoms with van der Waals surface area (Å²) in [4.78, 5) is 0. The van der Waals surface area contributed by atoms with Crippen molar-refractivity contribution < 1.29 is 0 Å². The molecule has 5 fully saturated rings. The molecule has 0 aromatic rings. The maximum Gasteiger partial charge on any atom is -0.00849 e. The van der Waals surface area contributed by atoms with E-state index in [1.54, 1.807) is 37.7 Å². The van der Waals surface area contributed by atoms with E-state index in [1.165, 1.54) is 19.3 Å². The second kappa shape index (κ2) is 4.89. The fraction of sp³-hybridized carbons (Fsp3) is 0.913. The lowest BCUT2D eigenvalue weighted by molar-refractivity contribution is -0.0675. The number of hydrogen-bond donors (Lipinski definition) is 0. The van der Waals surface area contributed by atoms with Crippen LogP contribution in [0, 0.1) is 58.7 Å². The maximum atomic E-state index is 4.67. The zero-order chi connectivity index (χ0) is 15.9. The summed E-state index contributed by atoms with van der Waals surface area (Å²) in [6.07, 6.45) is 12.3. The van der Waals surface area contributed by atoms with E-state index in [-0.39, 0.29) is 0 Å². The average molecular weight is 313 g/mol. The molecule has 0 N–H and O–H groups in total. The lowest BCUT2D eigenvalue weighted by atomic mass is 9.46. The van der Waals surface area contributed by atoms with Gasteiger partial charge in [0.15, 0.2) is 0 Å². The highest BCUT2D eigenvalue weighted by Gasteiger charge is 2.63. The summed E-state index contributed by atoms with van der Waals surface area (Å²) in [5.41, 5.74) is 2.19. The first-order valence-corrected chi connectivity index (χ1v) is 10.7. The van der Waals surface area contributed by atoms with Crippen molar-refractivity contribution in [1.29, 1.82) is 0 Å². The van der Waals surface area contributed by atoms with Gasteiger partial charge in [-0.1, -0.05) is 39.3 Å². The van der Waals surface area contributed by atoms with Gasteiger partial charge in [-0.05, 0) is 104 Å². The van der Waals surface area contributed by atoms with Crippen molar-refractivity contribution >= 4 is 0 Å². The van der Waals surface area contributed by atoms with Gasteiger partial charge >= 0.3 is 0 Å². The summed E-state index contributed by atoms with van der Waals surface area (Å²) in [5, 5.41) is 0. The Balaban J connectivity index is 1.43. The first-order valence-electron chi connectivity index (χ1n) is 10.7. The van der Waals surface area contributed by atoms with E-state index < -0.39 is 0 Å². The van der Waals surface area contributed by atoms with Gasteiger partial charge in [0.1, 0.15) is 0 Å². The van der Waals surface area contributed by atoms with Gasteiger partial charge in [-0.3, -0.25) is 0 Å². The fourth-order valence-electron chi connectivity index (χ4n) is 8.40. The Morgan fingerprint density at radius 2 is 1.65 bits per heavy atom. The number of allylic oxidation sites excluding steroid dienone is 1. The van der Waals surface area contributed by atoms with Crippen molar-refractivity contribution in [3.63, 3.8) is 0 Å². The smallest absolute Gasteiger partial charge is 0.00849 e. The molecule has 0 amide bonds. The molecule has 0 radical (unpaired) electrons. The minimum Gasteiger partial charge on any atom is -0.0990 e. The predicted octanol–water partition coefficient (Wildman–Crippen LogP) is 6.32. The Kier molecular flexibility index (Phi) is 3.19. The van der Waals surface area contributed by atoms with Crippen LogP contribution in [0.3, 0.4) is 0 Å². The van der Waals surface area contributed by atoms with Gasteiger partial charge in [0.2, 0.25) is 0 Å². The summed E-state index contributed by atoms with van der Waals surface area (Å²) in [5.74, 6) is 9.18. The number of hydrogen-bond acceptors (Lipinski definition) is 0. The Morgan fingerprint density at radius 1 is 0.870 bits per heavy atom. The van der Waals surface area contributed by atoms with E-state index in [0.717, 1.165) is 53.3 Å². The van der Waals surface area contributed by atoms with Gasteiger partial charge < -0.3 is 0 Å². The third-order valence-electron chi connectivity index (χ3n) is 9.83. The Bertz CT molecular complexity index is 518. The normalized spacial score (nSPS) is 61.0.